The Balaban J connectivity index is 2.09. The molecule has 0 radical (unpaired) electrons. The number of hydrogen-bond donors (Lipinski definition) is 0. The summed E-state index contributed by atoms with van der Waals surface area (Å²) in [6.45, 7) is 7.55. The van der Waals surface area contributed by atoms with Gasteiger partial charge in [-0.3, -0.25) is 4.79 Å². The van der Waals surface area contributed by atoms with Crippen molar-refractivity contribution in [3.05, 3.63) is 12.2 Å². The summed E-state index contributed by atoms with van der Waals surface area (Å²) in [5.41, 5.74) is -0.469. The molecule has 118 valence electrons. The number of allylic oxidation sites excluding steroid dienone is 2. The molecule has 2 aliphatic rings. The first-order valence-corrected chi connectivity index (χ1v) is 7.99. The number of rotatable bonds is 2. The minimum absolute atomic E-state index is 0.0650. The Labute approximate surface area is 127 Å². The maximum absolute atomic E-state index is 12.4. The Morgan fingerprint density at radius 2 is 1.71 bits per heavy atom. The molecular formula is C17H27NO3. The number of ketones is 1. The van der Waals surface area contributed by atoms with Crippen molar-refractivity contribution in [2.24, 2.45) is 5.92 Å². The summed E-state index contributed by atoms with van der Waals surface area (Å²) in [5.74, 6) is 0.272. The summed E-state index contributed by atoms with van der Waals surface area (Å²) in [5, 5.41) is 0. The topological polar surface area (TPSA) is 46.6 Å². The van der Waals surface area contributed by atoms with Crippen LogP contribution in [0.5, 0.6) is 0 Å². The SMILES string of the molecule is C/C=C\C(=O)C1CC2CCCC(C1)N2C(=O)OC(C)(C)C. The van der Waals surface area contributed by atoms with E-state index in [0.29, 0.717) is 0 Å². The van der Waals surface area contributed by atoms with Gasteiger partial charge in [-0.2, -0.15) is 0 Å². The second-order valence-electron chi connectivity index (χ2n) is 7.20. The summed E-state index contributed by atoms with van der Waals surface area (Å²) in [6.07, 6.45) is 7.91. The Hall–Kier alpha value is -1.32. The molecule has 0 aliphatic carbocycles. The fraction of sp³-hybridized carbons (Fsp3) is 0.765. The summed E-state index contributed by atoms with van der Waals surface area (Å²) in [6, 6.07) is 0.318. The fourth-order valence-corrected chi connectivity index (χ4v) is 3.53. The molecule has 2 aliphatic heterocycles. The van der Waals surface area contributed by atoms with Crippen molar-refractivity contribution in [1.82, 2.24) is 4.90 Å². The highest BCUT2D eigenvalue weighted by Gasteiger charge is 2.43. The number of fused-ring (bicyclic) bond motifs is 2. The lowest BCUT2D eigenvalue weighted by Gasteiger charge is -2.48. The van der Waals surface area contributed by atoms with Crippen LogP contribution < -0.4 is 0 Å². The van der Waals surface area contributed by atoms with Gasteiger partial charge in [0.15, 0.2) is 5.78 Å². The molecule has 2 saturated heterocycles. The predicted octanol–water partition coefficient (Wildman–Crippen LogP) is 3.70. The maximum Gasteiger partial charge on any atom is 0.410 e. The van der Waals surface area contributed by atoms with Gasteiger partial charge in [-0.05, 0) is 65.9 Å². The normalized spacial score (nSPS) is 29.5. The molecule has 1 amide bonds. The van der Waals surface area contributed by atoms with Crippen LogP contribution in [0.15, 0.2) is 12.2 Å². The molecule has 2 heterocycles. The number of carbonyl (C=O) groups excluding carboxylic acids is 2. The standard InChI is InChI=1S/C17H27NO3/c1-5-7-15(19)12-10-13-8-6-9-14(11-12)18(13)16(20)21-17(2,3)4/h5,7,12-14H,6,8-11H2,1-4H3/b7-5-. The van der Waals surface area contributed by atoms with Crippen LogP contribution >= 0.6 is 0 Å². The van der Waals surface area contributed by atoms with Gasteiger partial charge in [-0.25, -0.2) is 4.79 Å². The molecule has 0 saturated carbocycles. The van der Waals surface area contributed by atoms with Crippen LogP contribution in [0.25, 0.3) is 0 Å². The van der Waals surface area contributed by atoms with Crippen molar-refractivity contribution >= 4 is 11.9 Å². The number of amides is 1. The molecule has 0 aromatic carbocycles. The Kier molecular flexibility index (Phi) is 4.74. The van der Waals surface area contributed by atoms with Crippen molar-refractivity contribution in [3.63, 3.8) is 0 Å². The first kappa shape index (κ1) is 16.1. The van der Waals surface area contributed by atoms with E-state index in [-0.39, 0.29) is 29.9 Å². The van der Waals surface area contributed by atoms with Crippen LogP contribution in [0.2, 0.25) is 0 Å². The van der Waals surface area contributed by atoms with E-state index in [9.17, 15) is 9.59 Å². The van der Waals surface area contributed by atoms with Crippen LogP contribution in [0.3, 0.4) is 0 Å². The molecule has 2 fully saturated rings. The highest BCUT2D eigenvalue weighted by molar-refractivity contribution is 5.92. The van der Waals surface area contributed by atoms with Gasteiger partial charge in [-0.15, -0.1) is 0 Å². The predicted molar refractivity (Wildman–Crippen MR) is 82.0 cm³/mol. The third-order valence-corrected chi connectivity index (χ3v) is 4.31. The summed E-state index contributed by atoms with van der Waals surface area (Å²) in [7, 11) is 0. The number of nitrogens with zero attached hydrogens (tertiary/aromatic N) is 1. The minimum Gasteiger partial charge on any atom is -0.444 e. The zero-order chi connectivity index (χ0) is 15.6. The molecule has 2 unspecified atom stereocenters. The number of carbonyl (C=O) groups is 2. The lowest BCUT2D eigenvalue weighted by molar-refractivity contribution is -0.122. The summed E-state index contributed by atoms with van der Waals surface area (Å²) in [4.78, 5) is 26.5. The highest BCUT2D eigenvalue weighted by Crippen LogP contribution is 2.38. The molecule has 2 bridgehead atoms. The van der Waals surface area contributed by atoms with E-state index in [1.54, 1.807) is 12.2 Å². The third kappa shape index (κ3) is 3.86. The molecule has 4 heteroatoms. The minimum atomic E-state index is -0.469. The van der Waals surface area contributed by atoms with Crippen LogP contribution in [0.4, 0.5) is 4.79 Å². The zero-order valence-electron chi connectivity index (χ0n) is 13.6. The van der Waals surface area contributed by atoms with Crippen molar-refractivity contribution in [2.75, 3.05) is 0 Å². The highest BCUT2D eigenvalue weighted by atomic mass is 16.6. The largest absolute Gasteiger partial charge is 0.444 e. The van der Waals surface area contributed by atoms with Gasteiger partial charge in [0.25, 0.3) is 0 Å². The molecule has 4 nitrogen and oxygen atoms in total. The van der Waals surface area contributed by atoms with Gasteiger partial charge in [0, 0.05) is 18.0 Å². The van der Waals surface area contributed by atoms with Gasteiger partial charge in [0.1, 0.15) is 5.60 Å². The van der Waals surface area contributed by atoms with Crippen LogP contribution in [-0.4, -0.2) is 34.5 Å². The molecule has 0 spiro atoms. The van der Waals surface area contributed by atoms with E-state index in [2.05, 4.69) is 0 Å². The van der Waals surface area contributed by atoms with Crippen molar-refractivity contribution < 1.29 is 14.3 Å². The van der Waals surface area contributed by atoms with Crippen LogP contribution in [-0.2, 0) is 9.53 Å². The number of ether oxygens (including phenoxy) is 1. The van der Waals surface area contributed by atoms with E-state index in [1.165, 1.54) is 0 Å². The third-order valence-electron chi connectivity index (χ3n) is 4.31. The molecule has 2 rings (SSSR count). The number of piperidine rings is 2. The van der Waals surface area contributed by atoms with E-state index in [1.807, 2.05) is 32.6 Å². The summed E-state index contributed by atoms with van der Waals surface area (Å²) < 4.78 is 5.54. The van der Waals surface area contributed by atoms with Crippen LogP contribution in [0, 0.1) is 5.92 Å². The smallest absolute Gasteiger partial charge is 0.410 e. The Morgan fingerprint density at radius 3 is 2.19 bits per heavy atom. The van der Waals surface area contributed by atoms with Gasteiger partial charge in [0.2, 0.25) is 0 Å². The van der Waals surface area contributed by atoms with Gasteiger partial charge >= 0.3 is 6.09 Å². The first-order chi connectivity index (χ1) is 9.81. The van der Waals surface area contributed by atoms with Crippen molar-refractivity contribution in [2.45, 2.75) is 77.5 Å². The number of hydrogen-bond acceptors (Lipinski definition) is 3. The van der Waals surface area contributed by atoms with E-state index in [4.69, 9.17) is 4.74 Å². The average Bonchev–Trinajstić information content (AvgIpc) is 2.35. The summed E-state index contributed by atoms with van der Waals surface area (Å²) >= 11 is 0. The molecule has 0 aromatic rings. The molecule has 0 aromatic heterocycles. The quantitative estimate of drug-likeness (QED) is 0.729. The first-order valence-electron chi connectivity index (χ1n) is 7.99. The molecule has 21 heavy (non-hydrogen) atoms. The van der Waals surface area contributed by atoms with Gasteiger partial charge in [-0.1, -0.05) is 6.08 Å². The molecule has 2 atom stereocenters. The maximum atomic E-state index is 12.4. The second kappa shape index (κ2) is 6.20. The fourth-order valence-electron chi connectivity index (χ4n) is 3.53. The van der Waals surface area contributed by atoms with Crippen LogP contribution in [0.1, 0.15) is 59.8 Å². The van der Waals surface area contributed by atoms with Crippen molar-refractivity contribution in [3.8, 4) is 0 Å². The molecular weight excluding hydrogens is 266 g/mol. The van der Waals surface area contributed by atoms with E-state index < -0.39 is 5.60 Å². The monoisotopic (exact) mass is 293 g/mol. The Bertz CT molecular complexity index is 422. The second-order valence-corrected chi connectivity index (χ2v) is 7.20. The van der Waals surface area contributed by atoms with Gasteiger partial charge < -0.3 is 9.64 Å². The van der Waals surface area contributed by atoms with E-state index >= 15 is 0 Å². The van der Waals surface area contributed by atoms with Gasteiger partial charge in [0.05, 0.1) is 0 Å². The molecule has 0 N–H and O–H groups in total. The lowest BCUT2D eigenvalue weighted by atomic mass is 9.77. The average molecular weight is 293 g/mol. The zero-order valence-corrected chi connectivity index (χ0v) is 13.6. The Morgan fingerprint density at radius 1 is 1.14 bits per heavy atom. The van der Waals surface area contributed by atoms with Crippen molar-refractivity contribution in [1.29, 1.82) is 0 Å². The lowest BCUT2D eigenvalue weighted by Crippen LogP contribution is -2.56. The van der Waals surface area contributed by atoms with E-state index in [0.717, 1.165) is 32.1 Å².